The first-order chi connectivity index (χ1) is 18.9. The normalized spacial score (nSPS) is 11.8. The molecule has 3 N–H and O–H groups in total. The fourth-order valence-electron chi connectivity index (χ4n) is 3.35. The maximum Gasteiger partial charge on any atom is 0.272 e. The molecule has 0 aliphatic rings. The molecule has 0 bridgehead atoms. The molecule has 0 aliphatic heterocycles. The number of carbonyl (C=O) groups is 3. The number of halogens is 1. The molecule has 0 aliphatic carbocycles. The van der Waals surface area contributed by atoms with Crippen LogP contribution in [-0.2, 0) is 9.59 Å². The number of amides is 3. The predicted octanol–water partition coefficient (Wildman–Crippen LogP) is 5.66. The molecule has 4 aromatic rings. The number of nitrogens with one attached hydrogen (secondary N) is 3. The van der Waals surface area contributed by atoms with Crippen molar-refractivity contribution in [2.75, 3.05) is 10.6 Å². The van der Waals surface area contributed by atoms with Crippen molar-refractivity contribution in [2.24, 2.45) is 0 Å². The average molecular weight is 558 g/mol. The van der Waals surface area contributed by atoms with Crippen molar-refractivity contribution in [3.05, 3.63) is 119 Å². The van der Waals surface area contributed by atoms with E-state index in [0.717, 1.165) is 4.90 Å². The minimum absolute atomic E-state index is 0.0538. The zero-order valence-electron chi connectivity index (χ0n) is 20.8. The highest BCUT2D eigenvalue weighted by Gasteiger charge is 2.17. The Labute approximate surface area is 234 Å². The molecule has 0 saturated heterocycles. The quantitative estimate of drug-likeness (QED) is 0.181. The van der Waals surface area contributed by atoms with Crippen molar-refractivity contribution >= 4 is 58.7 Å². The second-order valence-corrected chi connectivity index (χ2v) is 10.1. The molecular weight excluding hydrogens is 534 g/mol. The Morgan fingerprint density at radius 1 is 0.923 bits per heavy atom. The molecular formula is C29H24ClN5O3S. The summed E-state index contributed by atoms with van der Waals surface area (Å²) >= 11 is 7.17. The van der Waals surface area contributed by atoms with E-state index in [1.54, 1.807) is 98.2 Å². The highest BCUT2D eigenvalue weighted by molar-refractivity contribution is 8.00. The molecule has 8 nitrogen and oxygen atoms in total. The Hall–Kier alpha value is -4.47. The number of carbonyl (C=O) groups excluding carboxylic acids is 3. The van der Waals surface area contributed by atoms with Gasteiger partial charge in [-0.2, -0.15) is 0 Å². The van der Waals surface area contributed by atoms with Crippen LogP contribution in [0.2, 0.25) is 5.02 Å². The van der Waals surface area contributed by atoms with E-state index in [0.29, 0.717) is 27.7 Å². The Balaban J connectivity index is 1.45. The molecule has 0 saturated carbocycles. The standard InChI is InChI=1S/C29H24ClN5O3S/c1-19(27(36)35-26-13-12-22(30)18-32-26)39-24-11-5-10-23(16-24)33-29(38)25(15-20-7-6-14-31-17-20)34-28(37)21-8-3-2-4-9-21/h2-19H,1H3,(H,33,38)(H,34,37)(H,32,35,36)/b25-15-. The number of pyridine rings is 2. The molecule has 2 heterocycles. The largest absolute Gasteiger partial charge is 0.321 e. The highest BCUT2D eigenvalue weighted by Crippen LogP contribution is 2.27. The summed E-state index contributed by atoms with van der Waals surface area (Å²) in [6.45, 7) is 1.77. The Morgan fingerprint density at radius 3 is 2.46 bits per heavy atom. The molecule has 1 unspecified atom stereocenters. The number of nitrogens with zero attached hydrogens (tertiary/aromatic N) is 2. The van der Waals surface area contributed by atoms with E-state index < -0.39 is 17.1 Å². The van der Waals surface area contributed by atoms with Gasteiger partial charge in [0.25, 0.3) is 11.8 Å². The summed E-state index contributed by atoms with van der Waals surface area (Å²) in [5, 5.41) is 8.32. The van der Waals surface area contributed by atoms with E-state index in [1.807, 2.05) is 6.07 Å². The molecule has 39 heavy (non-hydrogen) atoms. The minimum atomic E-state index is -0.509. The van der Waals surface area contributed by atoms with Crippen LogP contribution in [-0.4, -0.2) is 32.9 Å². The van der Waals surface area contributed by atoms with Gasteiger partial charge >= 0.3 is 0 Å². The molecule has 0 fully saturated rings. The lowest BCUT2D eigenvalue weighted by Gasteiger charge is -2.14. The molecule has 0 spiro atoms. The molecule has 3 amide bonds. The fraction of sp³-hybridized carbons (Fsp3) is 0.0690. The Kier molecular flexibility index (Phi) is 9.44. The van der Waals surface area contributed by atoms with Gasteiger partial charge in [-0.15, -0.1) is 11.8 Å². The molecule has 4 rings (SSSR count). The van der Waals surface area contributed by atoms with Crippen LogP contribution in [0.4, 0.5) is 11.5 Å². The van der Waals surface area contributed by atoms with Gasteiger partial charge < -0.3 is 16.0 Å². The number of hydrogen-bond donors (Lipinski definition) is 3. The van der Waals surface area contributed by atoms with Crippen LogP contribution in [0.1, 0.15) is 22.8 Å². The lowest BCUT2D eigenvalue weighted by atomic mass is 10.2. The van der Waals surface area contributed by atoms with Crippen molar-refractivity contribution in [1.29, 1.82) is 0 Å². The fourth-order valence-corrected chi connectivity index (χ4v) is 4.39. The number of benzene rings is 2. The van der Waals surface area contributed by atoms with Crippen molar-refractivity contribution in [2.45, 2.75) is 17.1 Å². The van der Waals surface area contributed by atoms with Crippen molar-refractivity contribution in [3.63, 3.8) is 0 Å². The van der Waals surface area contributed by atoms with E-state index in [2.05, 4.69) is 25.9 Å². The van der Waals surface area contributed by atoms with Gasteiger partial charge in [0.2, 0.25) is 5.91 Å². The smallest absolute Gasteiger partial charge is 0.272 e. The number of hydrogen-bond acceptors (Lipinski definition) is 6. The topological polar surface area (TPSA) is 113 Å². The minimum Gasteiger partial charge on any atom is -0.321 e. The van der Waals surface area contributed by atoms with Gasteiger partial charge in [0, 0.05) is 34.7 Å². The summed E-state index contributed by atoms with van der Waals surface area (Å²) in [5.41, 5.74) is 1.62. The maximum atomic E-state index is 13.3. The van der Waals surface area contributed by atoms with Crippen LogP contribution < -0.4 is 16.0 Å². The van der Waals surface area contributed by atoms with Gasteiger partial charge in [-0.3, -0.25) is 19.4 Å². The Morgan fingerprint density at radius 2 is 1.74 bits per heavy atom. The van der Waals surface area contributed by atoms with Gasteiger partial charge in [0.15, 0.2) is 0 Å². The first-order valence-corrected chi connectivity index (χ1v) is 13.1. The summed E-state index contributed by atoms with van der Waals surface area (Å²) in [6, 6.07) is 22.5. The van der Waals surface area contributed by atoms with E-state index in [4.69, 9.17) is 11.6 Å². The first kappa shape index (κ1) is 27.6. The zero-order chi connectivity index (χ0) is 27.6. The molecule has 2 aromatic carbocycles. The second-order valence-electron chi connectivity index (χ2n) is 8.26. The number of rotatable bonds is 9. The van der Waals surface area contributed by atoms with Crippen molar-refractivity contribution in [3.8, 4) is 0 Å². The van der Waals surface area contributed by atoms with Crippen LogP contribution in [0.25, 0.3) is 6.08 Å². The second kappa shape index (κ2) is 13.4. The van der Waals surface area contributed by atoms with E-state index in [-0.39, 0.29) is 11.6 Å². The third-order valence-electron chi connectivity index (χ3n) is 5.28. The van der Waals surface area contributed by atoms with Crippen LogP contribution in [0, 0.1) is 0 Å². The zero-order valence-corrected chi connectivity index (χ0v) is 22.4. The van der Waals surface area contributed by atoms with E-state index in [1.165, 1.54) is 18.0 Å². The summed E-state index contributed by atoms with van der Waals surface area (Å²) in [5.74, 6) is -0.747. The highest BCUT2D eigenvalue weighted by atomic mass is 35.5. The first-order valence-electron chi connectivity index (χ1n) is 11.9. The third kappa shape index (κ3) is 8.26. The average Bonchev–Trinajstić information content (AvgIpc) is 2.95. The summed E-state index contributed by atoms with van der Waals surface area (Å²) in [4.78, 5) is 47.6. The molecule has 1 atom stereocenters. The van der Waals surface area contributed by atoms with Gasteiger partial charge in [-0.25, -0.2) is 4.98 Å². The number of anilines is 2. The van der Waals surface area contributed by atoms with Crippen LogP contribution in [0.15, 0.2) is 108 Å². The third-order valence-corrected chi connectivity index (χ3v) is 6.59. The van der Waals surface area contributed by atoms with Crippen molar-refractivity contribution in [1.82, 2.24) is 15.3 Å². The monoisotopic (exact) mass is 557 g/mol. The van der Waals surface area contributed by atoms with Gasteiger partial charge in [-0.1, -0.05) is 41.9 Å². The van der Waals surface area contributed by atoms with Crippen LogP contribution in [0.5, 0.6) is 0 Å². The summed E-state index contributed by atoms with van der Waals surface area (Å²) in [6.07, 6.45) is 6.22. The molecule has 2 aromatic heterocycles. The van der Waals surface area contributed by atoms with Crippen molar-refractivity contribution < 1.29 is 14.4 Å². The summed E-state index contributed by atoms with van der Waals surface area (Å²) in [7, 11) is 0. The van der Waals surface area contributed by atoms with Crippen LogP contribution in [0.3, 0.4) is 0 Å². The Bertz CT molecular complexity index is 1480. The van der Waals surface area contributed by atoms with Gasteiger partial charge in [-0.05, 0) is 67.1 Å². The van der Waals surface area contributed by atoms with Gasteiger partial charge in [0.05, 0.1) is 10.3 Å². The molecule has 0 radical (unpaired) electrons. The van der Waals surface area contributed by atoms with Gasteiger partial charge in [0.1, 0.15) is 11.5 Å². The maximum absolute atomic E-state index is 13.3. The SMILES string of the molecule is CC(Sc1cccc(NC(=O)/C(=C/c2cccnc2)NC(=O)c2ccccc2)c1)C(=O)Nc1ccc(Cl)cn1. The number of thioether (sulfide) groups is 1. The summed E-state index contributed by atoms with van der Waals surface area (Å²) < 4.78 is 0. The van der Waals surface area contributed by atoms with E-state index in [9.17, 15) is 14.4 Å². The predicted molar refractivity (Wildman–Crippen MR) is 154 cm³/mol. The lowest BCUT2D eigenvalue weighted by molar-refractivity contribution is -0.115. The number of aromatic nitrogens is 2. The van der Waals surface area contributed by atoms with E-state index >= 15 is 0 Å². The molecule has 196 valence electrons. The molecule has 10 heteroatoms. The lowest BCUT2D eigenvalue weighted by Crippen LogP contribution is -2.30. The van der Waals surface area contributed by atoms with Crippen LogP contribution >= 0.6 is 23.4 Å².